The van der Waals surface area contributed by atoms with Gasteiger partial charge in [0.1, 0.15) is 6.04 Å². The number of amides is 3. The Hall–Kier alpha value is -3.15. The van der Waals surface area contributed by atoms with Crippen LogP contribution in [-0.2, 0) is 11.3 Å². The maximum Gasteiger partial charge on any atom is 0.256 e. The molecule has 0 N–H and O–H groups in total. The van der Waals surface area contributed by atoms with Gasteiger partial charge in [0.15, 0.2) is 0 Å². The second-order valence-corrected chi connectivity index (χ2v) is 9.27. The highest BCUT2D eigenvalue weighted by atomic mass is 16.2. The van der Waals surface area contributed by atoms with E-state index in [4.69, 9.17) is 0 Å². The first-order valence-electron chi connectivity index (χ1n) is 11.6. The first-order valence-corrected chi connectivity index (χ1v) is 11.6. The highest BCUT2D eigenvalue weighted by Gasteiger charge is 2.41. The predicted octanol–water partition coefficient (Wildman–Crippen LogP) is 3.71. The van der Waals surface area contributed by atoms with E-state index in [2.05, 4.69) is 6.92 Å². The maximum atomic E-state index is 13.4. The zero-order valence-electron chi connectivity index (χ0n) is 18.5. The number of nitrogens with zero attached hydrogens (tertiary/aromatic N) is 3. The van der Waals surface area contributed by atoms with Gasteiger partial charge < -0.3 is 14.7 Å². The molecule has 6 nitrogen and oxygen atoms in total. The molecule has 2 fully saturated rings. The van der Waals surface area contributed by atoms with Crippen molar-refractivity contribution >= 4 is 23.4 Å². The molecule has 0 aliphatic carbocycles. The van der Waals surface area contributed by atoms with Gasteiger partial charge in [0, 0.05) is 25.2 Å². The van der Waals surface area contributed by atoms with Crippen LogP contribution in [0.4, 0.5) is 5.69 Å². The van der Waals surface area contributed by atoms with Gasteiger partial charge in [0.25, 0.3) is 11.8 Å². The van der Waals surface area contributed by atoms with Gasteiger partial charge in [-0.3, -0.25) is 14.4 Å². The van der Waals surface area contributed by atoms with Gasteiger partial charge >= 0.3 is 0 Å². The lowest BCUT2D eigenvalue weighted by molar-refractivity contribution is -0.122. The second kappa shape index (κ2) is 8.41. The number of carbonyl (C=O) groups is 3. The predicted molar refractivity (Wildman–Crippen MR) is 122 cm³/mol. The minimum absolute atomic E-state index is 0.0246. The molecule has 0 bridgehead atoms. The second-order valence-electron chi connectivity index (χ2n) is 9.27. The van der Waals surface area contributed by atoms with E-state index < -0.39 is 6.04 Å². The summed E-state index contributed by atoms with van der Waals surface area (Å²) in [5.74, 6) is 0.670. The minimum Gasteiger partial charge on any atom is -0.339 e. The average molecular weight is 432 g/mol. The number of likely N-dealkylation sites (tertiary alicyclic amines) is 1. The molecule has 0 saturated carbocycles. The Bertz CT molecular complexity index is 1040. The number of benzene rings is 2. The number of para-hydroxylation sites is 1. The topological polar surface area (TPSA) is 60.9 Å². The van der Waals surface area contributed by atoms with Crippen LogP contribution < -0.4 is 4.90 Å². The van der Waals surface area contributed by atoms with E-state index in [9.17, 15) is 14.4 Å². The third-order valence-electron chi connectivity index (χ3n) is 7.10. The molecular weight excluding hydrogens is 402 g/mol. The summed E-state index contributed by atoms with van der Waals surface area (Å²) in [7, 11) is 0. The average Bonchev–Trinajstić information content (AvgIpc) is 3.30. The molecule has 0 radical (unpaired) electrons. The molecule has 6 heteroatoms. The molecule has 1 atom stereocenters. The summed E-state index contributed by atoms with van der Waals surface area (Å²) >= 11 is 0. The number of carbonyl (C=O) groups excluding carboxylic acids is 3. The van der Waals surface area contributed by atoms with E-state index in [1.807, 2.05) is 47.4 Å². The van der Waals surface area contributed by atoms with Crippen molar-refractivity contribution < 1.29 is 14.4 Å². The van der Waals surface area contributed by atoms with Crippen molar-refractivity contribution in [3.63, 3.8) is 0 Å². The zero-order valence-corrected chi connectivity index (χ0v) is 18.5. The quantitative estimate of drug-likeness (QED) is 0.744. The third kappa shape index (κ3) is 3.68. The summed E-state index contributed by atoms with van der Waals surface area (Å²) in [6.45, 7) is 4.86. The molecule has 0 spiro atoms. The zero-order chi connectivity index (χ0) is 22.2. The molecule has 0 unspecified atom stereocenters. The number of anilines is 1. The Morgan fingerprint density at radius 3 is 2.41 bits per heavy atom. The normalized spacial score (nSPS) is 21.4. The van der Waals surface area contributed by atoms with Crippen LogP contribution in [0.1, 0.15) is 58.9 Å². The van der Waals surface area contributed by atoms with Crippen LogP contribution in [0.2, 0.25) is 0 Å². The van der Waals surface area contributed by atoms with Crippen molar-refractivity contribution in [1.29, 1.82) is 0 Å². The van der Waals surface area contributed by atoms with Gasteiger partial charge in [-0.15, -0.1) is 0 Å². The summed E-state index contributed by atoms with van der Waals surface area (Å²) in [6, 6.07) is 14.5. The summed E-state index contributed by atoms with van der Waals surface area (Å²) in [5, 5.41) is 0. The van der Waals surface area contributed by atoms with Crippen LogP contribution in [-0.4, -0.2) is 53.2 Å². The smallest absolute Gasteiger partial charge is 0.256 e. The molecule has 2 aromatic carbocycles. The highest BCUT2D eigenvalue weighted by molar-refractivity contribution is 6.11. The number of fused-ring (bicyclic) bond motifs is 2. The van der Waals surface area contributed by atoms with Gasteiger partial charge in [0.05, 0.1) is 17.8 Å². The molecule has 3 heterocycles. The Kier molecular flexibility index (Phi) is 5.45. The minimum atomic E-state index is -0.391. The summed E-state index contributed by atoms with van der Waals surface area (Å²) in [4.78, 5) is 44.7. The Morgan fingerprint density at radius 1 is 0.938 bits per heavy atom. The lowest BCUT2D eigenvalue weighted by Crippen LogP contribution is -2.44. The Balaban J connectivity index is 1.38. The molecule has 5 rings (SSSR count). The number of piperidine rings is 1. The van der Waals surface area contributed by atoms with Crippen molar-refractivity contribution in [2.45, 2.75) is 45.2 Å². The Morgan fingerprint density at radius 2 is 1.66 bits per heavy atom. The van der Waals surface area contributed by atoms with Crippen molar-refractivity contribution in [2.75, 3.05) is 24.5 Å². The molecule has 3 aliphatic rings. The number of hydrogen-bond acceptors (Lipinski definition) is 3. The van der Waals surface area contributed by atoms with E-state index in [1.165, 1.54) is 0 Å². The first kappa shape index (κ1) is 20.7. The molecule has 2 saturated heterocycles. The standard InChI is InChI=1S/C26H29N3O3/c1-18-12-15-27(16-13-18)24(30)20-10-8-19(9-11-20)17-29-22-6-3-2-5-21(22)25(31)28-14-4-7-23(28)26(29)32/h2-3,5-6,8-11,18,23H,4,7,12-17H2,1H3/t23-/m0/s1. The number of rotatable bonds is 3. The fourth-order valence-corrected chi connectivity index (χ4v) is 5.10. The van der Waals surface area contributed by atoms with Crippen LogP contribution in [0.15, 0.2) is 48.5 Å². The molecule has 2 aromatic rings. The highest BCUT2D eigenvalue weighted by Crippen LogP contribution is 2.33. The van der Waals surface area contributed by atoms with Crippen molar-refractivity contribution in [3.05, 3.63) is 65.2 Å². The van der Waals surface area contributed by atoms with Crippen molar-refractivity contribution in [3.8, 4) is 0 Å². The van der Waals surface area contributed by atoms with Crippen LogP contribution in [0.25, 0.3) is 0 Å². The monoisotopic (exact) mass is 431 g/mol. The van der Waals surface area contributed by atoms with E-state index in [-0.39, 0.29) is 17.7 Å². The fraction of sp³-hybridized carbons (Fsp3) is 0.423. The van der Waals surface area contributed by atoms with E-state index in [0.29, 0.717) is 42.2 Å². The molecular formula is C26H29N3O3. The molecule has 3 amide bonds. The molecule has 3 aliphatic heterocycles. The number of hydrogen-bond donors (Lipinski definition) is 0. The van der Waals surface area contributed by atoms with E-state index in [1.54, 1.807) is 15.9 Å². The molecule has 166 valence electrons. The van der Waals surface area contributed by atoms with Crippen molar-refractivity contribution in [1.82, 2.24) is 9.80 Å². The van der Waals surface area contributed by atoms with Gasteiger partial charge in [0.2, 0.25) is 5.91 Å². The summed E-state index contributed by atoms with van der Waals surface area (Å²) in [6.07, 6.45) is 3.66. The van der Waals surface area contributed by atoms with Crippen molar-refractivity contribution in [2.24, 2.45) is 5.92 Å². The van der Waals surface area contributed by atoms with Crippen LogP contribution in [0.5, 0.6) is 0 Å². The molecule has 0 aromatic heterocycles. The first-order chi connectivity index (χ1) is 15.5. The summed E-state index contributed by atoms with van der Waals surface area (Å²) < 4.78 is 0. The fourth-order valence-electron chi connectivity index (χ4n) is 5.10. The largest absolute Gasteiger partial charge is 0.339 e. The van der Waals surface area contributed by atoms with Crippen LogP contribution in [0, 0.1) is 5.92 Å². The summed E-state index contributed by atoms with van der Waals surface area (Å²) in [5.41, 5.74) is 2.87. The molecule has 32 heavy (non-hydrogen) atoms. The van der Waals surface area contributed by atoms with Gasteiger partial charge in [-0.25, -0.2) is 0 Å². The Labute approximate surface area is 188 Å². The van der Waals surface area contributed by atoms with E-state index >= 15 is 0 Å². The SMILES string of the molecule is CC1CCN(C(=O)c2ccc(CN3C(=O)[C@@H]4CCCN4C(=O)c4ccccc43)cc2)CC1. The van der Waals surface area contributed by atoms with Gasteiger partial charge in [-0.2, -0.15) is 0 Å². The van der Waals surface area contributed by atoms with Crippen LogP contribution in [0.3, 0.4) is 0 Å². The van der Waals surface area contributed by atoms with Gasteiger partial charge in [-0.1, -0.05) is 31.2 Å². The maximum absolute atomic E-state index is 13.4. The lowest BCUT2D eigenvalue weighted by atomic mass is 9.98. The third-order valence-corrected chi connectivity index (χ3v) is 7.10. The van der Waals surface area contributed by atoms with E-state index in [0.717, 1.165) is 37.9 Å². The van der Waals surface area contributed by atoms with Gasteiger partial charge in [-0.05, 0) is 61.4 Å². The lowest BCUT2D eigenvalue weighted by Gasteiger charge is -2.30. The van der Waals surface area contributed by atoms with Crippen LogP contribution >= 0.6 is 0 Å².